The summed E-state index contributed by atoms with van der Waals surface area (Å²) in [5.74, 6) is -2.28. The van der Waals surface area contributed by atoms with Gasteiger partial charge in [-0.1, -0.05) is 0 Å². The topological polar surface area (TPSA) is 75.6 Å². The molecule has 2 N–H and O–H groups in total. The van der Waals surface area contributed by atoms with Crippen LogP contribution < -0.4 is 10.1 Å². The summed E-state index contributed by atoms with van der Waals surface area (Å²) in [4.78, 5) is 22.5. The van der Waals surface area contributed by atoms with E-state index in [4.69, 9.17) is 9.84 Å². The smallest absolute Gasteiger partial charge is 0.331 e. The Morgan fingerprint density at radius 1 is 1.26 bits per heavy atom. The summed E-state index contributed by atoms with van der Waals surface area (Å²) in [5, 5.41) is 11.3. The molecule has 0 saturated carbocycles. The molecule has 0 heterocycles. The number of benzene rings is 1. The predicted octanol–water partition coefficient (Wildman–Crippen LogP) is 2.19. The zero-order chi connectivity index (χ0) is 14.6. The van der Waals surface area contributed by atoms with Gasteiger partial charge in [0.2, 0.25) is 0 Å². The number of ether oxygens (including phenoxy) is 1. The summed E-state index contributed by atoms with van der Waals surface area (Å²) in [6, 6.07) is 3.83. The molecule has 0 saturated heterocycles. The first-order valence-corrected chi connectivity index (χ1v) is 5.42. The van der Waals surface area contributed by atoms with Gasteiger partial charge in [-0.25, -0.2) is 9.18 Å². The summed E-state index contributed by atoms with van der Waals surface area (Å²) in [5.41, 5.74) is 0.350. The van der Waals surface area contributed by atoms with Crippen LogP contribution in [0.1, 0.15) is 13.8 Å². The van der Waals surface area contributed by atoms with Crippen molar-refractivity contribution in [2.45, 2.75) is 13.8 Å². The minimum Gasteiger partial charge on any atom is -0.494 e. The van der Waals surface area contributed by atoms with E-state index >= 15 is 0 Å². The molecule has 0 spiro atoms. The number of anilines is 1. The van der Waals surface area contributed by atoms with E-state index in [0.29, 0.717) is 5.69 Å². The highest BCUT2D eigenvalue weighted by Crippen LogP contribution is 2.22. The van der Waals surface area contributed by atoms with Crippen LogP contribution in [-0.4, -0.2) is 24.1 Å². The highest BCUT2D eigenvalue weighted by Gasteiger charge is 2.13. The number of hydrogen-bond acceptors (Lipinski definition) is 3. The zero-order valence-electron chi connectivity index (χ0n) is 10.8. The molecule has 0 aromatic heterocycles. The number of aliphatic carboxylic acids is 1. The number of carbonyl (C=O) groups excluding carboxylic acids is 1. The summed E-state index contributed by atoms with van der Waals surface area (Å²) in [6.45, 7) is 2.74. The van der Waals surface area contributed by atoms with Crippen molar-refractivity contribution >= 4 is 17.6 Å². The number of halogens is 1. The van der Waals surface area contributed by atoms with Crippen LogP contribution in [0.5, 0.6) is 5.75 Å². The lowest BCUT2D eigenvalue weighted by atomic mass is 10.1. The Kier molecular flexibility index (Phi) is 4.63. The first kappa shape index (κ1) is 14.7. The average Bonchev–Trinajstić information content (AvgIpc) is 2.38. The molecule has 0 aliphatic heterocycles. The van der Waals surface area contributed by atoms with E-state index < -0.39 is 17.7 Å². The van der Waals surface area contributed by atoms with Crippen molar-refractivity contribution < 1.29 is 23.8 Å². The number of nitrogens with one attached hydrogen (secondary N) is 1. The minimum atomic E-state index is -1.16. The largest absolute Gasteiger partial charge is 0.494 e. The van der Waals surface area contributed by atoms with Gasteiger partial charge < -0.3 is 15.2 Å². The number of carboxylic acid groups (broad SMARTS) is 1. The summed E-state index contributed by atoms with van der Waals surface area (Å²) in [7, 11) is 1.31. The van der Waals surface area contributed by atoms with Gasteiger partial charge in [-0.2, -0.15) is 0 Å². The van der Waals surface area contributed by atoms with Crippen LogP contribution in [0.3, 0.4) is 0 Å². The number of methoxy groups -OCH3 is 1. The fourth-order valence-electron chi connectivity index (χ4n) is 1.29. The van der Waals surface area contributed by atoms with E-state index in [-0.39, 0.29) is 16.9 Å². The molecular weight excluding hydrogens is 253 g/mol. The van der Waals surface area contributed by atoms with Gasteiger partial charge in [0.15, 0.2) is 11.6 Å². The summed E-state index contributed by atoms with van der Waals surface area (Å²) >= 11 is 0. The number of amides is 1. The first-order chi connectivity index (χ1) is 8.86. The van der Waals surface area contributed by atoms with Crippen molar-refractivity contribution in [3.63, 3.8) is 0 Å². The molecule has 1 aromatic rings. The molecule has 19 heavy (non-hydrogen) atoms. The normalized spacial score (nSPS) is 11.6. The second-order valence-corrected chi connectivity index (χ2v) is 3.86. The molecule has 1 aromatic carbocycles. The van der Waals surface area contributed by atoms with Crippen LogP contribution in [0.25, 0.3) is 0 Å². The lowest BCUT2D eigenvalue weighted by molar-refractivity contribution is -0.133. The van der Waals surface area contributed by atoms with Crippen molar-refractivity contribution in [2.75, 3.05) is 12.4 Å². The monoisotopic (exact) mass is 267 g/mol. The molecule has 5 nitrogen and oxygen atoms in total. The highest BCUT2D eigenvalue weighted by atomic mass is 19.1. The van der Waals surface area contributed by atoms with Crippen molar-refractivity contribution in [1.29, 1.82) is 0 Å². The van der Waals surface area contributed by atoms with Crippen LogP contribution in [0, 0.1) is 5.82 Å². The number of hydrogen-bond donors (Lipinski definition) is 2. The third kappa shape index (κ3) is 3.54. The Balaban J connectivity index is 2.95. The molecular formula is C13H14FNO4. The maximum absolute atomic E-state index is 13.2. The lowest BCUT2D eigenvalue weighted by Gasteiger charge is -2.09. The molecule has 0 unspecified atom stereocenters. The highest BCUT2D eigenvalue weighted by molar-refractivity contribution is 6.08. The van der Waals surface area contributed by atoms with Gasteiger partial charge in [0.25, 0.3) is 5.91 Å². The summed E-state index contributed by atoms with van der Waals surface area (Å²) < 4.78 is 18.0. The second-order valence-electron chi connectivity index (χ2n) is 3.86. The van der Waals surface area contributed by atoms with Crippen LogP contribution in [0.4, 0.5) is 10.1 Å². The van der Waals surface area contributed by atoms with Gasteiger partial charge in [0.1, 0.15) is 0 Å². The molecule has 1 rings (SSSR count). The molecule has 102 valence electrons. The van der Waals surface area contributed by atoms with Crippen LogP contribution in [0.15, 0.2) is 29.3 Å². The number of carbonyl (C=O) groups is 2. The van der Waals surface area contributed by atoms with Crippen LogP contribution >= 0.6 is 0 Å². The van der Waals surface area contributed by atoms with E-state index in [2.05, 4.69) is 5.32 Å². The molecule has 0 atom stereocenters. The lowest BCUT2D eigenvalue weighted by Crippen LogP contribution is -2.16. The zero-order valence-corrected chi connectivity index (χ0v) is 10.8. The van der Waals surface area contributed by atoms with Gasteiger partial charge in [0, 0.05) is 22.9 Å². The molecule has 0 bridgehead atoms. The molecule has 0 fully saturated rings. The average molecular weight is 267 g/mol. The van der Waals surface area contributed by atoms with E-state index in [1.807, 2.05) is 0 Å². The van der Waals surface area contributed by atoms with Gasteiger partial charge >= 0.3 is 5.97 Å². The second kappa shape index (κ2) is 5.99. The van der Waals surface area contributed by atoms with Crippen molar-refractivity contribution in [2.24, 2.45) is 0 Å². The van der Waals surface area contributed by atoms with Crippen molar-refractivity contribution in [1.82, 2.24) is 0 Å². The fourth-order valence-corrected chi connectivity index (χ4v) is 1.29. The fraction of sp³-hybridized carbons (Fsp3) is 0.231. The van der Waals surface area contributed by atoms with Crippen molar-refractivity contribution in [3.05, 3.63) is 35.2 Å². The Labute approximate surface area is 109 Å². The molecule has 6 heteroatoms. The molecule has 0 aliphatic rings. The Hall–Kier alpha value is -2.37. The minimum absolute atomic E-state index is 0.00520. The Morgan fingerprint density at radius 2 is 1.89 bits per heavy atom. The Morgan fingerprint density at radius 3 is 2.42 bits per heavy atom. The molecule has 0 aliphatic carbocycles. The van der Waals surface area contributed by atoms with Gasteiger partial charge in [0.05, 0.1) is 7.11 Å². The van der Waals surface area contributed by atoms with Gasteiger partial charge in [-0.05, 0) is 26.0 Å². The Bertz CT molecular complexity index is 552. The van der Waals surface area contributed by atoms with Gasteiger partial charge in [-0.3, -0.25) is 4.79 Å². The molecule has 0 radical (unpaired) electrons. The van der Waals surface area contributed by atoms with E-state index in [1.54, 1.807) is 0 Å². The van der Waals surface area contributed by atoms with E-state index in [9.17, 15) is 14.0 Å². The first-order valence-electron chi connectivity index (χ1n) is 5.42. The van der Waals surface area contributed by atoms with Crippen LogP contribution in [0.2, 0.25) is 0 Å². The van der Waals surface area contributed by atoms with Crippen LogP contribution in [-0.2, 0) is 9.59 Å². The maximum Gasteiger partial charge on any atom is 0.331 e. The number of carboxylic acids is 1. The standard InChI is InChI=1S/C13H14FNO4/c1-7(8(2)13(17)18)12(16)15-9-4-5-10(14)11(6-9)19-3/h4-6H,1-3H3,(H,15,16)(H,17,18)/b8-7-. The number of rotatable bonds is 4. The summed E-state index contributed by atoms with van der Waals surface area (Å²) in [6.07, 6.45) is 0. The predicted molar refractivity (Wildman–Crippen MR) is 67.6 cm³/mol. The maximum atomic E-state index is 13.2. The molecule has 1 amide bonds. The van der Waals surface area contributed by atoms with Crippen molar-refractivity contribution in [3.8, 4) is 5.75 Å². The van der Waals surface area contributed by atoms with Gasteiger partial charge in [-0.15, -0.1) is 0 Å². The third-order valence-electron chi connectivity index (χ3n) is 2.63. The third-order valence-corrected chi connectivity index (χ3v) is 2.63. The quantitative estimate of drug-likeness (QED) is 0.820. The van der Waals surface area contributed by atoms with E-state index in [1.165, 1.54) is 33.1 Å². The SMILES string of the molecule is COc1cc(NC(=O)/C(C)=C(/C)C(=O)O)ccc1F. The van der Waals surface area contributed by atoms with E-state index in [0.717, 1.165) is 6.07 Å².